The molecule has 0 spiro atoms. The Labute approximate surface area is 150 Å². The molecule has 1 aromatic rings. The Bertz CT molecular complexity index is 786. The lowest BCUT2D eigenvalue weighted by atomic mass is 10.0. The van der Waals surface area contributed by atoms with Crippen LogP contribution in [0.3, 0.4) is 0 Å². The topological polar surface area (TPSA) is 90.0 Å². The van der Waals surface area contributed by atoms with Crippen LogP contribution in [-0.2, 0) is 29.1 Å². The van der Waals surface area contributed by atoms with Crippen LogP contribution in [0, 0.1) is 12.8 Å². The van der Waals surface area contributed by atoms with Crippen molar-refractivity contribution in [2.75, 3.05) is 26.1 Å². The van der Waals surface area contributed by atoms with Crippen LogP contribution in [0.25, 0.3) is 0 Å². The number of nitrogens with zero attached hydrogens (tertiary/aromatic N) is 1. The van der Waals surface area contributed by atoms with E-state index < -0.39 is 32.2 Å². The van der Waals surface area contributed by atoms with Crippen LogP contribution in [0.1, 0.15) is 19.4 Å². The lowest BCUT2D eigenvalue weighted by Gasteiger charge is -2.42. The summed E-state index contributed by atoms with van der Waals surface area (Å²) < 4.78 is 60.8. The fraction of sp³-hybridized carbons (Fsp3) is 0.625. The van der Waals surface area contributed by atoms with E-state index in [1.54, 1.807) is 24.3 Å². The Morgan fingerprint density at radius 3 is 2.28 bits per heavy atom. The second-order valence-electron chi connectivity index (χ2n) is 6.64. The van der Waals surface area contributed by atoms with Gasteiger partial charge in [-0.15, -0.1) is 0 Å². The molecule has 0 N–H and O–H groups in total. The summed E-state index contributed by atoms with van der Waals surface area (Å²) in [4.78, 5) is 0.176. The van der Waals surface area contributed by atoms with Crippen molar-refractivity contribution >= 4 is 20.1 Å². The van der Waals surface area contributed by atoms with Gasteiger partial charge in [0.1, 0.15) is 0 Å². The number of ether oxygens (including phenoxy) is 1. The quantitative estimate of drug-likeness (QED) is 0.681. The van der Waals surface area contributed by atoms with Gasteiger partial charge in [-0.1, -0.05) is 31.5 Å². The molecule has 0 aliphatic carbocycles. The van der Waals surface area contributed by atoms with E-state index in [-0.39, 0.29) is 30.6 Å². The molecule has 0 saturated carbocycles. The van der Waals surface area contributed by atoms with Crippen molar-refractivity contribution in [2.45, 2.75) is 37.8 Å². The van der Waals surface area contributed by atoms with E-state index in [1.165, 1.54) is 4.31 Å². The summed E-state index contributed by atoms with van der Waals surface area (Å²) in [5.41, 5.74) is 0.957. The van der Waals surface area contributed by atoms with Crippen LogP contribution >= 0.6 is 0 Å². The number of aryl methyl sites for hydroxylation is 1. The number of hydrogen-bond acceptors (Lipinski definition) is 6. The molecule has 2 atom stereocenters. The Morgan fingerprint density at radius 1 is 1.16 bits per heavy atom. The highest BCUT2D eigenvalue weighted by atomic mass is 32.2. The average molecular weight is 392 g/mol. The zero-order chi connectivity index (χ0) is 18.8. The number of sulfonamides is 1. The summed E-state index contributed by atoms with van der Waals surface area (Å²) in [7, 11) is -7.49. The number of rotatable bonds is 6. The number of morpholine rings is 1. The van der Waals surface area contributed by atoms with Crippen molar-refractivity contribution < 1.29 is 25.8 Å². The minimum atomic E-state index is -3.81. The van der Waals surface area contributed by atoms with Crippen molar-refractivity contribution in [1.29, 1.82) is 0 Å². The second kappa shape index (κ2) is 7.71. The van der Waals surface area contributed by atoms with Crippen LogP contribution < -0.4 is 0 Å². The van der Waals surface area contributed by atoms with E-state index in [4.69, 9.17) is 8.92 Å². The van der Waals surface area contributed by atoms with Crippen LogP contribution in [0.15, 0.2) is 29.2 Å². The minimum absolute atomic E-state index is 0.00116. The fourth-order valence-electron chi connectivity index (χ4n) is 2.76. The molecule has 1 saturated heterocycles. The molecule has 0 aromatic heterocycles. The summed E-state index contributed by atoms with van der Waals surface area (Å²) in [6.45, 7) is 5.77. The lowest BCUT2D eigenvalue weighted by Crippen LogP contribution is -2.58. The molecule has 0 unspecified atom stereocenters. The van der Waals surface area contributed by atoms with Gasteiger partial charge in [-0.05, 0) is 25.0 Å². The molecule has 2 rings (SSSR count). The molecular weight excluding hydrogens is 366 g/mol. The van der Waals surface area contributed by atoms with Crippen molar-refractivity contribution in [3.63, 3.8) is 0 Å². The van der Waals surface area contributed by atoms with E-state index in [1.807, 2.05) is 20.8 Å². The Morgan fingerprint density at radius 2 is 1.76 bits per heavy atom. The minimum Gasteiger partial charge on any atom is -0.378 e. The first-order valence-electron chi connectivity index (χ1n) is 8.04. The van der Waals surface area contributed by atoms with Crippen LogP contribution in [0.2, 0.25) is 0 Å². The van der Waals surface area contributed by atoms with Crippen molar-refractivity contribution in [3.8, 4) is 0 Å². The van der Waals surface area contributed by atoms with Gasteiger partial charge in [-0.2, -0.15) is 12.7 Å². The molecular formula is C16H25NO6S2. The molecule has 142 valence electrons. The Hall–Kier alpha value is -1.00. The molecule has 1 aliphatic heterocycles. The molecule has 25 heavy (non-hydrogen) atoms. The zero-order valence-corrected chi connectivity index (χ0v) is 16.5. The van der Waals surface area contributed by atoms with Crippen LogP contribution in [0.5, 0.6) is 0 Å². The molecule has 0 radical (unpaired) electrons. The van der Waals surface area contributed by atoms with Crippen molar-refractivity contribution in [1.82, 2.24) is 4.31 Å². The molecule has 0 bridgehead atoms. The largest absolute Gasteiger partial charge is 0.378 e. The lowest BCUT2D eigenvalue weighted by molar-refractivity contribution is -0.0329. The first kappa shape index (κ1) is 20.3. The predicted octanol–water partition coefficient (Wildman–Crippen LogP) is 1.39. The molecule has 9 heteroatoms. The smallest absolute Gasteiger partial charge is 0.264 e. The van der Waals surface area contributed by atoms with E-state index in [0.29, 0.717) is 0 Å². The summed E-state index contributed by atoms with van der Waals surface area (Å²) in [6, 6.07) is 5.49. The number of hydrogen-bond donors (Lipinski definition) is 0. The van der Waals surface area contributed by atoms with Gasteiger partial charge >= 0.3 is 0 Å². The molecule has 0 amide bonds. The van der Waals surface area contributed by atoms with Crippen molar-refractivity contribution in [2.24, 2.45) is 5.92 Å². The third kappa shape index (κ3) is 5.01. The molecule has 1 fully saturated rings. The van der Waals surface area contributed by atoms with Crippen molar-refractivity contribution in [3.05, 3.63) is 29.8 Å². The summed E-state index contributed by atoms with van der Waals surface area (Å²) in [5.74, 6) is 0.00116. The number of benzene rings is 1. The second-order valence-corrected chi connectivity index (χ2v) is 10.1. The zero-order valence-electron chi connectivity index (χ0n) is 14.9. The molecule has 1 aliphatic rings. The molecule has 7 nitrogen and oxygen atoms in total. The summed E-state index contributed by atoms with van der Waals surface area (Å²) in [5, 5.41) is 0. The Kier molecular flexibility index (Phi) is 6.26. The predicted molar refractivity (Wildman–Crippen MR) is 94.2 cm³/mol. The normalized spacial score (nSPS) is 23.1. The fourth-order valence-corrected chi connectivity index (χ4v) is 5.06. The monoisotopic (exact) mass is 391 g/mol. The Balaban J connectivity index is 2.41. The highest BCUT2D eigenvalue weighted by Gasteiger charge is 2.42. The van der Waals surface area contributed by atoms with E-state index in [2.05, 4.69) is 0 Å². The van der Waals surface area contributed by atoms with Gasteiger partial charge in [0.15, 0.2) is 0 Å². The van der Waals surface area contributed by atoms with E-state index >= 15 is 0 Å². The summed E-state index contributed by atoms with van der Waals surface area (Å²) in [6.07, 6.45) is 0.940. The van der Waals surface area contributed by atoms with Crippen LogP contribution in [0.4, 0.5) is 0 Å². The third-order valence-electron chi connectivity index (χ3n) is 4.13. The first-order chi connectivity index (χ1) is 11.5. The van der Waals surface area contributed by atoms with Gasteiger partial charge in [0, 0.05) is 0 Å². The van der Waals surface area contributed by atoms with Gasteiger partial charge in [-0.25, -0.2) is 8.42 Å². The maximum Gasteiger partial charge on any atom is 0.264 e. The molecule has 1 aromatic carbocycles. The van der Waals surface area contributed by atoms with Gasteiger partial charge in [0.05, 0.1) is 43.1 Å². The summed E-state index contributed by atoms with van der Waals surface area (Å²) >= 11 is 0. The average Bonchev–Trinajstić information content (AvgIpc) is 2.52. The highest BCUT2D eigenvalue weighted by molar-refractivity contribution is 7.89. The highest BCUT2D eigenvalue weighted by Crippen LogP contribution is 2.28. The van der Waals surface area contributed by atoms with E-state index in [9.17, 15) is 16.8 Å². The van der Waals surface area contributed by atoms with Gasteiger partial charge in [-0.3, -0.25) is 4.18 Å². The standard InChI is InChI=1S/C16H25NO6S2/c1-12(2)16-11-22-9-14(10-23-24(4,18)19)17(16)25(20,21)15-7-5-13(3)6-8-15/h5-8,12,14,16H,9-11H2,1-4H3/t14-,16+/m0/s1. The maximum atomic E-state index is 13.2. The first-order valence-corrected chi connectivity index (χ1v) is 11.3. The maximum absolute atomic E-state index is 13.2. The van der Waals surface area contributed by atoms with Gasteiger partial charge in [0.2, 0.25) is 10.0 Å². The van der Waals surface area contributed by atoms with E-state index in [0.717, 1.165) is 11.8 Å². The van der Waals surface area contributed by atoms with Gasteiger partial charge < -0.3 is 4.74 Å². The van der Waals surface area contributed by atoms with Crippen LogP contribution in [-0.4, -0.2) is 59.3 Å². The molecule has 1 heterocycles. The van der Waals surface area contributed by atoms with Gasteiger partial charge in [0.25, 0.3) is 10.1 Å². The SMILES string of the molecule is Cc1ccc(S(=O)(=O)N2[C@H](COS(C)(=O)=O)COC[C@@H]2C(C)C)cc1. The third-order valence-corrected chi connectivity index (χ3v) is 6.68.